The van der Waals surface area contributed by atoms with Crippen LogP contribution in [-0.4, -0.2) is 11.0 Å². The van der Waals surface area contributed by atoms with Gasteiger partial charge in [0.05, 0.1) is 22.9 Å². The van der Waals surface area contributed by atoms with Crippen molar-refractivity contribution in [3.8, 4) is 6.07 Å². The third kappa shape index (κ3) is 5.62. The molecule has 5 nitrogen and oxygen atoms in total. The molecule has 156 valence electrons. The van der Waals surface area contributed by atoms with Crippen LogP contribution in [0.25, 0.3) is 0 Å². The van der Waals surface area contributed by atoms with Gasteiger partial charge in [0.2, 0.25) is 0 Å². The standard InChI is InChI=1S/C23H18F2N4OS/c1-14(15-6-8-17(24)9-7-15)27-23(31)28-18-10-11-21(16(12-18)13-26)29-22(30)19-4-2-3-5-20(19)25/h2-12,14H,1H3,(H,29,30)(H2,27,28,31)/t14-/m1/s1. The van der Waals surface area contributed by atoms with Gasteiger partial charge in [0.25, 0.3) is 5.91 Å². The second-order valence-corrected chi connectivity index (χ2v) is 7.09. The molecule has 8 heteroatoms. The number of hydrogen-bond donors (Lipinski definition) is 3. The summed E-state index contributed by atoms with van der Waals surface area (Å²) in [6.07, 6.45) is 0. The van der Waals surface area contributed by atoms with Crippen molar-refractivity contribution in [2.24, 2.45) is 0 Å². The molecule has 0 spiro atoms. The van der Waals surface area contributed by atoms with Gasteiger partial charge in [0.1, 0.15) is 17.7 Å². The number of carbonyl (C=O) groups excluding carboxylic acids is 1. The lowest BCUT2D eigenvalue weighted by atomic mass is 10.1. The third-order valence-electron chi connectivity index (χ3n) is 4.48. The molecule has 0 aliphatic rings. The zero-order valence-electron chi connectivity index (χ0n) is 16.4. The maximum atomic E-state index is 13.8. The number of anilines is 2. The van der Waals surface area contributed by atoms with Crippen LogP contribution in [0.15, 0.2) is 66.7 Å². The summed E-state index contributed by atoms with van der Waals surface area (Å²) in [7, 11) is 0. The molecule has 0 aromatic heterocycles. The number of carbonyl (C=O) groups is 1. The second-order valence-electron chi connectivity index (χ2n) is 6.68. The summed E-state index contributed by atoms with van der Waals surface area (Å²) in [5.41, 5.74) is 1.70. The van der Waals surface area contributed by atoms with E-state index < -0.39 is 11.7 Å². The number of halogens is 2. The van der Waals surface area contributed by atoms with Gasteiger partial charge in [-0.05, 0) is 67.2 Å². The molecule has 1 amide bonds. The van der Waals surface area contributed by atoms with Gasteiger partial charge < -0.3 is 16.0 Å². The van der Waals surface area contributed by atoms with Gasteiger partial charge in [-0.1, -0.05) is 24.3 Å². The molecule has 1 atom stereocenters. The Morgan fingerprint density at radius 3 is 2.42 bits per heavy atom. The molecule has 3 N–H and O–H groups in total. The van der Waals surface area contributed by atoms with Crippen LogP contribution in [0.3, 0.4) is 0 Å². The molecule has 0 aliphatic carbocycles. The number of nitrogens with zero attached hydrogens (tertiary/aromatic N) is 1. The lowest BCUT2D eigenvalue weighted by Gasteiger charge is -2.18. The molecule has 0 heterocycles. The summed E-state index contributed by atoms with van der Waals surface area (Å²) in [5, 5.41) is 18.4. The zero-order chi connectivity index (χ0) is 22.4. The van der Waals surface area contributed by atoms with E-state index in [2.05, 4.69) is 16.0 Å². The second kappa shape index (κ2) is 9.78. The number of rotatable bonds is 5. The number of thiocarbonyl (C=S) groups is 1. The molecule has 0 saturated carbocycles. The Kier molecular flexibility index (Phi) is 6.90. The van der Waals surface area contributed by atoms with Crippen LogP contribution in [0, 0.1) is 23.0 Å². The fourth-order valence-corrected chi connectivity index (χ4v) is 3.15. The molecule has 0 aliphatic heterocycles. The minimum absolute atomic E-state index is 0.117. The molecule has 0 unspecified atom stereocenters. The highest BCUT2D eigenvalue weighted by molar-refractivity contribution is 7.80. The summed E-state index contributed by atoms with van der Waals surface area (Å²) in [4.78, 5) is 12.3. The minimum Gasteiger partial charge on any atom is -0.356 e. The lowest BCUT2D eigenvalue weighted by Crippen LogP contribution is -2.30. The Labute approximate surface area is 183 Å². The topological polar surface area (TPSA) is 76.9 Å². The first-order chi connectivity index (χ1) is 14.9. The van der Waals surface area contributed by atoms with Gasteiger partial charge in [0.15, 0.2) is 5.11 Å². The highest BCUT2D eigenvalue weighted by Gasteiger charge is 2.14. The number of nitriles is 1. The Balaban J connectivity index is 1.67. The molecule has 3 rings (SSSR count). The van der Waals surface area contributed by atoms with Crippen LogP contribution >= 0.6 is 12.2 Å². The molecule has 31 heavy (non-hydrogen) atoms. The maximum absolute atomic E-state index is 13.8. The van der Waals surface area contributed by atoms with Crippen LogP contribution in [0.4, 0.5) is 20.2 Å². The normalized spacial score (nSPS) is 11.2. The number of hydrogen-bond acceptors (Lipinski definition) is 3. The van der Waals surface area contributed by atoms with Crippen LogP contribution in [-0.2, 0) is 0 Å². The lowest BCUT2D eigenvalue weighted by molar-refractivity contribution is 0.102. The van der Waals surface area contributed by atoms with Crippen LogP contribution < -0.4 is 16.0 Å². The van der Waals surface area contributed by atoms with Gasteiger partial charge in [-0.2, -0.15) is 5.26 Å². The zero-order valence-corrected chi connectivity index (χ0v) is 17.3. The van der Waals surface area contributed by atoms with E-state index in [1.807, 2.05) is 13.0 Å². The van der Waals surface area contributed by atoms with Crippen molar-refractivity contribution in [1.29, 1.82) is 5.26 Å². The van der Waals surface area contributed by atoms with Crippen molar-refractivity contribution in [3.05, 3.63) is 95.1 Å². The van der Waals surface area contributed by atoms with Crippen molar-refractivity contribution in [2.75, 3.05) is 10.6 Å². The quantitative estimate of drug-likeness (QED) is 0.483. The molecular weight excluding hydrogens is 418 g/mol. The highest BCUT2D eigenvalue weighted by atomic mass is 32.1. The third-order valence-corrected chi connectivity index (χ3v) is 4.70. The van der Waals surface area contributed by atoms with Gasteiger partial charge >= 0.3 is 0 Å². The predicted molar refractivity (Wildman–Crippen MR) is 120 cm³/mol. The first-order valence-corrected chi connectivity index (χ1v) is 9.71. The molecule has 0 radical (unpaired) electrons. The van der Waals surface area contributed by atoms with Gasteiger partial charge in [-0.15, -0.1) is 0 Å². The fourth-order valence-electron chi connectivity index (χ4n) is 2.86. The average molecular weight is 436 g/mol. The Morgan fingerprint density at radius 2 is 1.74 bits per heavy atom. The van der Waals surface area contributed by atoms with Crippen molar-refractivity contribution in [2.45, 2.75) is 13.0 Å². The van der Waals surface area contributed by atoms with Gasteiger partial charge in [0, 0.05) is 5.69 Å². The molecule has 3 aromatic carbocycles. The summed E-state index contributed by atoms with van der Waals surface area (Å²) >= 11 is 5.31. The van der Waals surface area contributed by atoms with Crippen LogP contribution in [0.1, 0.15) is 34.5 Å². The number of nitrogens with one attached hydrogen (secondary N) is 3. The monoisotopic (exact) mass is 436 g/mol. The summed E-state index contributed by atoms with van der Waals surface area (Å²) in [6.45, 7) is 1.88. The maximum Gasteiger partial charge on any atom is 0.258 e. The van der Waals surface area contributed by atoms with E-state index >= 15 is 0 Å². The minimum atomic E-state index is -0.652. The van der Waals surface area contributed by atoms with E-state index in [0.29, 0.717) is 10.8 Å². The Hall–Kier alpha value is -3.83. The average Bonchev–Trinajstić information content (AvgIpc) is 2.75. The molecule has 0 saturated heterocycles. The van der Waals surface area contributed by atoms with E-state index in [1.165, 1.54) is 42.5 Å². The summed E-state index contributed by atoms with van der Waals surface area (Å²) in [6, 6.07) is 18.2. The first kappa shape index (κ1) is 21.9. The van der Waals surface area contributed by atoms with Crippen molar-refractivity contribution in [3.63, 3.8) is 0 Å². The van der Waals surface area contributed by atoms with E-state index in [9.17, 15) is 18.8 Å². The molecule has 3 aromatic rings. The number of amides is 1. The van der Waals surface area contributed by atoms with Gasteiger partial charge in [-0.3, -0.25) is 4.79 Å². The van der Waals surface area contributed by atoms with E-state index in [4.69, 9.17) is 12.2 Å². The fraction of sp³-hybridized carbons (Fsp3) is 0.0870. The van der Waals surface area contributed by atoms with Crippen molar-refractivity contribution >= 4 is 34.6 Å². The van der Waals surface area contributed by atoms with E-state index in [0.717, 1.165) is 5.56 Å². The molecule has 0 bridgehead atoms. The molecular formula is C23H18F2N4OS. The van der Waals surface area contributed by atoms with E-state index in [1.54, 1.807) is 24.3 Å². The van der Waals surface area contributed by atoms with E-state index in [-0.39, 0.29) is 28.7 Å². The van der Waals surface area contributed by atoms with Crippen molar-refractivity contribution < 1.29 is 13.6 Å². The highest BCUT2D eigenvalue weighted by Crippen LogP contribution is 2.22. The molecule has 0 fully saturated rings. The van der Waals surface area contributed by atoms with Crippen LogP contribution in [0.2, 0.25) is 0 Å². The SMILES string of the molecule is C[C@@H](NC(=S)Nc1ccc(NC(=O)c2ccccc2F)c(C#N)c1)c1ccc(F)cc1. The smallest absolute Gasteiger partial charge is 0.258 e. The Bertz CT molecular complexity index is 1160. The van der Waals surface area contributed by atoms with Crippen molar-refractivity contribution in [1.82, 2.24) is 5.32 Å². The first-order valence-electron chi connectivity index (χ1n) is 9.30. The summed E-state index contributed by atoms with van der Waals surface area (Å²) < 4.78 is 26.9. The predicted octanol–water partition coefficient (Wildman–Crippen LogP) is 5.14. The summed E-state index contributed by atoms with van der Waals surface area (Å²) in [5.74, 6) is -1.62. The largest absolute Gasteiger partial charge is 0.356 e. The Morgan fingerprint density at radius 1 is 1.03 bits per heavy atom. The number of benzene rings is 3. The van der Waals surface area contributed by atoms with Crippen LogP contribution in [0.5, 0.6) is 0 Å². The van der Waals surface area contributed by atoms with Gasteiger partial charge in [-0.25, -0.2) is 8.78 Å².